The van der Waals surface area contributed by atoms with Gasteiger partial charge in [-0.05, 0) is 56.5 Å². The van der Waals surface area contributed by atoms with Crippen molar-refractivity contribution in [2.45, 2.75) is 46.3 Å². The molecule has 0 unspecified atom stereocenters. The molecule has 10 heteroatoms. The first-order valence-electron chi connectivity index (χ1n) is 9.15. The Labute approximate surface area is 172 Å². The summed E-state index contributed by atoms with van der Waals surface area (Å²) in [6.45, 7) is 7.68. The van der Waals surface area contributed by atoms with E-state index >= 15 is 0 Å². The van der Waals surface area contributed by atoms with Crippen LogP contribution in [0.5, 0.6) is 0 Å². The Morgan fingerprint density at radius 2 is 2.07 bits per heavy atom. The molecular weight excluding hydrogens is 392 g/mol. The van der Waals surface area contributed by atoms with Crippen LogP contribution in [0.25, 0.3) is 11.6 Å². The number of amides is 2. The summed E-state index contributed by atoms with van der Waals surface area (Å²) in [7, 11) is 0. The van der Waals surface area contributed by atoms with Gasteiger partial charge in [0, 0.05) is 10.4 Å². The Balaban J connectivity index is 1.70. The van der Waals surface area contributed by atoms with E-state index < -0.39 is 0 Å². The van der Waals surface area contributed by atoms with Crippen molar-refractivity contribution >= 4 is 23.2 Å². The van der Waals surface area contributed by atoms with E-state index in [0.29, 0.717) is 18.1 Å². The average molecular weight is 417 g/mol. The molecule has 0 aliphatic heterocycles. The number of hydrogen-bond acceptors (Lipinski definition) is 7. The molecule has 29 heavy (non-hydrogen) atoms. The van der Waals surface area contributed by atoms with Crippen LogP contribution in [0.3, 0.4) is 0 Å². The zero-order valence-electron chi connectivity index (χ0n) is 16.9. The average Bonchev–Trinajstić information content (AvgIpc) is 3.34. The van der Waals surface area contributed by atoms with E-state index in [0.717, 1.165) is 10.6 Å². The van der Waals surface area contributed by atoms with Crippen molar-refractivity contribution in [2.24, 2.45) is 0 Å². The summed E-state index contributed by atoms with van der Waals surface area (Å²) in [5, 5.41) is 16.9. The van der Waals surface area contributed by atoms with E-state index in [1.54, 1.807) is 12.1 Å². The Morgan fingerprint density at radius 1 is 1.28 bits per heavy atom. The summed E-state index contributed by atoms with van der Waals surface area (Å²) < 4.78 is 5.48. The highest BCUT2D eigenvalue weighted by Crippen LogP contribution is 2.17. The second-order valence-corrected chi connectivity index (χ2v) is 8.71. The van der Waals surface area contributed by atoms with E-state index in [2.05, 4.69) is 20.7 Å². The third kappa shape index (κ3) is 5.98. The normalized spacial score (nSPS) is 11.4. The van der Waals surface area contributed by atoms with Crippen LogP contribution in [-0.4, -0.2) is 49.0 Å². The molecular formula is C19H24N6O3S. The smallest absolute Gasteiger partial charge is 0.247 e. The van der Waals surface area contributed by atoms with Crippen LogP contribution in [0.4, 0.5) is 0 Å². The van der Waals surface area contributed by atoms with Crippen molar-refractivity contribution in [1.29, 1.82) is 0 Å². The maximum absolute atomic E-state index is 12.9. The highest BCUT2D eigenvalue weighted by atomic mass is 32.1. The van der Waals surface area contributed by atoms with Crippen LogP contribution in [0.2, 0.25) is 0 Å². The Kier molecular flexibility index (Phi) is 6.12. The van der Waals surface area contributed by atoms with E-state index in [9.17, 15) is 9.59 Å². The molecule has 3 aromatic rings. The van der Waals surface area contributed by atoms with E-state index in [1.807, 2.05) is 45.2 Å². The van der Waals surface area contributed by atoms with Gasteiger partial charge in [-0.3, -0.25) is 9.59 Å². The van der Waals surface area contributed by atoms with Gasteiger partial charge in [-0.1, -0.05) is 6.07 Å². The first kappa shape index (κ1) is 20.7. The lowest BCUT2D eigenvalue weighted by Gasteiger charge is -2.25. The van der Waals surface area contributed by atoms with Crippen molar-refractivity contribution in [3.05, 3.63) is 40.3 Å². The molecule has 0 spiro atoms. The molecule has 154 valence electrons. The maximum atomic E-state index is 12.9. The van der Waals surface area contributed by atoms with Gasteiger partial charge in [0.2, 0.25) is 17.6 Å². The topological polar surface area (TPSA) is 106 Å². The van der Waals surface area contributed by atoms with Gasteiger partial charge in [0.15, 0.2) is 5.76 Å². The summed E-state index contributed by atoms with van der Waals surface area (Å²) >= 11 is 1.53. The van der Waals surface area contributed by atoms with Gasteiger partial charge in [-0.2, -0.15) is 4.80 Å². The quantitative estimate of drug-likeness (QED) is 0.633. The van der Waals surface area contributed by atoms with Crippen LogP contribution in [0.15, 0.2) is 34.1 Å². The van der Waals surface area contributed by atoms with E-state index in [4.69, 9.17) is 4.42 Å². The lowest BCUT2D eigenvalue weighted by Crippen LogP contribution is -2.47. The molecule has 0 bridgehead atoms. The zero-order chi connectivity index (χ0) is 21.0. The van der Waals surface area contributed by atoms with Crippen LogP contribution in [-0.2, 0) is 22.7 Å². The van der Waals surface area contributed by atoms with Gasteiger partial charge in [0.05, 0.1) is 13.1 Å². The molecule has 0 saturated heterocycles. The van der Waals surface area contributed by atoms with E-state index in [1.165, 1.54) is 21.0 Å². The molecule has 0 aliphatic rings. The lowest BCUT2D eigenvalue weighted by molar-refractivity contribution is -0.138. The molecule has 0 saturated carbocycles. The monoisotopic (exact) mass is 416 g/mol. The number of furan rings is 1. The molecule has 3 aromatic heterocycles. The first-order chi connectivity index (χ1) is 13.7. The third-order valence-electron chi connectivity index (χ3n) is 3.82. The van der Waals surface area contributed by atoms with Crippen molar-refractivity contribution in [1.82, 2.24) is 30.4 Å². The van der Waals surface area contributed by atoms with Crippen LogP contribution < -0.4 is 5.32 Å². The second kappa shape index (κ2) is 8.56. The SMILES string of the molecule is Cc1ccc(-c2nnn(CC(=O)N(CC(=O)NC(C)(C)C)Cc3cccs3)n2)o1. The van der Waals surface area contributed by atoms with Gasteiger partial charge in [0.25, 0.3) is 0 Å². The summed E-state index contributed by atoms with van der Waals surface area (Å²) in [6.07, 6.45) is 0. The molecule has 0 radical (unpaired) electrons. The molecule has 0 atom stereocenters. The molecule has 0 aliphatic carbocycles. The predicted molar refractivity (Wildman–Crippen MR) is 108 cm³/mol. The fraction of sp³-hybridized carbons (Fsp3) is 0.421. The van der Waals surface area contributed by atoms with Gasteiger partial charge in [-0.25, -0.2) is 0 Å². The number of carbonyl (C=O) groups excluding carboxylic acids is 2. The largest absolute Gasteiger partial charge is 0.458 e. The minimum atomic E-state index is -0.377. The number of aromatic nitrogens is 4. The van der Waals surface area contributed by atoms with Crippen molar-refractivity contribution in [3.63, 3.8) is 0 Å². The number of aryl methyl sites for hydroxylation is 1. The van der Waals surface area contributed by atoms with Gasteiger partial charge >= 0.3 is 0 Å². The fourth-order valence-corrected chi connectivity index (χ4v) is 3.36. The van der Waals surface area contributed by atoms with Gasteiger partial charge in [0.1, 0.15) is 12.3 Å². The summed E-state index contributed by atoms with van der Waals surface area (Å²) in [4.78, 5) is 29.0. The lowest BCUT2D eigenvalue weighted by atomic mass is 10.1. The second-order valence-electron chi connectivity index (χ2n) is 7.68. The number of nitrogens with zero attached hydrogens (tertiary/aromatic N) is 5. The molecule has 2 amide bonds. The number of thiophene rings is 1. The Morgan fingerprint density at radius 3 is 2.69 bits per heavy atom. The molecule has 3 heterocycles. The molecule has 0 aromatic carbocycles. The minimum absolute atomic E-state index is 0.0487. The van der Waals surface area contributed by atoms with Gasteiger partial charge < -0.3 is 14.6 Å². The van der Waals surface area contributed by atoms with Crippen LogP contribution >= 0.6 is 11.3 Å². The zero-order valence-corrected chi connectivity index (χ0v) is 17.7. The van der Waals surface area contributed by atoms with Crippen LogP contribution in [0.1, 0.15) is 31.4 Å². The predicted octanol–water partition coefficient (Wildman–Crippen LogP) is 2.25. The first-order valence-corrected chi connectivity index (χ1v) is 10.0. The Hall–Kier alpha value is -3.01. The Bertz CT molecular complexity index is 970. The number of nitrogens with one attached hydrogen (secondary N) is 1. The third-order valence-corrected chi connectivity index (χ3v) is 4.68. The standard InChI is InChI=1S/C19H24N6O3S/c1-13-7-8-15(28-13)18-21-23-25(22-18)12-17(27)24(10-14-6-5-9-29-14)11-16(26)20-19(2,3)4/h5-9H,10-12H2,1-4H3,(H,20,26). The number of tetrazole rings is 1. The molecule has 3 rings (SSSR count). The number of rotatable bonds is 7. The fourth-order valence-electron chi connectivity index (χ4n) is 2.64. The molecule has 0 fully saturated rings. The highest BCUT2D eigenvalue weighted by molar-refractivity contribution is 7.09. The maximum Gasteiger partial charge on any atom is 0.247 e. The minimum Gasteiger partial charge on any atom is -0.458 e. The molecule has 1 N–H and O–H groups in total. The van der Waals surface area contributed by atoms with Crippen molar-refractivity contribution in [2.75, 3.05) is 6.54 Å². The van der Waals surface area contributed by atoms with Gasteiger partial charge in [-0.15, -0.1) is 21.5 Å². The van der Waals surface area contributed by atoms with Crippen molar-refractivity contribution in [3.8, 4) is 11.6 Å². The highest BCUT2D eigenvalue weighted by Gasteiger charge is 2.22. The van der Waals surface area contributed by atoms with E-state index in [-0.39, 0.29) is 30.4 Å². The van der Waals surface area contributed by atoms with Crippen molar-refractivity contribution < 1.29 is 14.0 Å². The molecule has 9 nitrogen and oxygen atoms in total. The number of hydrogen-bond donors (Lipinski definition) is 1. The summed E-state index contributed by atoms with van der Waals surface area (Å²) in [5.74, 6) is 1.03. The number of carbonyl (C=O) groups is 2. The summed E-state index contributed by atoms with van der Waals surface area (Å²) in [5.41, 5.74) is -0.377. The summed E-state index contributed by atoms with van der Waals surface area (Å²) in [6, 6.07) is 7.39. The van der Waals surface area contributed by atoms with Crippen LogP contribution in [0, 0.1) is 6.92 Å².